The molecule has 2 N–H and O–H groups in total. The topological polar surface area (TPSA) is 53.1 Å². The van der Waals surface area contributed by atoms with Crippen molar-refractivity contribution in [1.82, 2.24) is 9.78 Å². The number of rotatable bonds is 3. The summed E-state index contributed by atoms with van der Waals surface area (Å²) in [6.45, 7) is 0.475. The molecule has 0 spiro atoms. The van der Waals surface area contributed by atoms with Gasteiger partial charge in [0.15, 0.2) is 0 Å². The average molecular weight is 217 g/mol. The largest absolute Gasteiger partial charge is 0.497 e. The van der Waals surface area contributed by atoms with Crippen LogP contribution in [-0.2, 0) is 13.6 Å². The second-order valence-electron chi connectivity index (χ2n) is 3.56. The smallest absolute Gasteiger partial charge is 0.119 e. The minimum Gasteiger partial charge on any atom is -0.497 e. The summed E-state index contributed by atoms with van der Waals surface area (Å²) in [5.74, 6) is 0.837. The highest BCUT2D eigenvalue weighted by Gasteiger charge is 2.09. The Bertz CT molecular complexity index is 491. The van der Waals surface area contributed by atoms with Crippen molar-refractivity contribution in [3.05, 3.63) is 36.2 Å². The first-order valence-electron chi connectivity index (χ1n) is 5.11. The van der Waals surface area contributed by atoms with Gasteiger partial charge in [-0.05, 0) is 17.7 Å². The molecule has 0 radical (unpaired) electrons. The minimum absolute atomic E-state index is 0.475. The van der Waals surface area contributed by atoms with Crippen molar-refractivity contribution in [2.75, 3.05) is 7.11 Å². The first-order chi connectivity index (χ1) is 7.76. The van der Waals surface area contributed by atoms with Crippen LogP contribution in [-0.4, -0.2) is 16.9 Å². The average Bonchev–Trinajstić information content (AvgIpc) is 2.70. The van der Waals surface area contributed by atoms with Crippen LogP contribution in [0.25, 0.3) is 11.1 Å². The summed E-state index contributed by atoms with van der Waals surface area (Å²) in [6, 6.07) is 7.89. The molecule has 0 aliphatic heterocycles. The lowest BCUT2D eigenvalue weighted by Crippen LogP contribution is -2.05. The molecule has 1 aromatic heterocycles. The van der Waals surface area contributed by atoms with E-state index in [0.717, 1.165) is 22.6 Å². The Balaban J connectivity index is 2.49. The van der Waals surface area contributed by atoms with Gasteiger partial charge in [-0.15, -0.1) is 0 Å². The molecule has 0 aliphatic rings. The van der Waals surface area contributed by atoms with E-state index in [1.54, 1.807) is 11.8 Å². The van der Waals surface area contributed by atoms with Gasteiger partial charge in [0.1, 0.15) is 5.75 Å². The van der Waals surface area contributed by atoms with Crippen molar-refractivity contribution in [3.8, 4) is 16.9 Å². The summed E-state index contributed by atoms with van der Waals surface area (Å²) in [4.78, 5) is 0. The molecule has 84 valence electrons. The number of hydrogen-bond acceptors (Lipinski definition) is 3. The number of aromatic nitrogens is 2. The van der Waals surface area contributed by atoms with Gasteiger partial charge in [0.05, 0.1) is 19.0 Å². The number of methoxy groups -OCH3 is 1. The Labute approximate surface area is 94.6 Å². The van der Waals surface area contributed by atoms with Crippen LogP contribution in [0.3, 0.4) is 0 Å². The van der Waals surface area contributed by atoms with Crippen LogP contribution in [0.5, 0.6) is 5.75 Å². The van der Waals surface area contributed by atoms with Gasteiger partial charge in [0.25, 0.3) is 0 Å². The van der Waals surface area contributed by atoms with Crippen molar-refractivity contribution in [3.63, 3.8) is 0 Å². The molecule has 0 aliphatic carbocycles. The standard InChI is InChI=1S/C12H15N3O/c1-15-12(7-13)11(8-14-15)9-4-3-5-10(6-9)16-2/h3-6,8H,7,13H2,1-2H3. The Morgan fingerprint density at radius 3 is 2.94 bits per heavy atom. The molecule has 1 heterocycles. The van der Waals surface area contributed by atoms with Crippen LogP contribution in [0.1, 0.15) is 5.69 Å². The van der Waals surface area contributed by atoms with Crippen LogP contribution in [0, 0.1) is 0 Å². The summed E-state index contributed by atoms with van der Waals surface area (Å²) in [6.07, 6.45) is 1.83. The van der Waals surface area contributed by atoms with Gasteiger partial charge in [-0.1, -0.05) is 12.1 Å². The maximum Gasteiger partial charge on any atom is 0.119 e. The van der Waals surface area contributed by atoms with E-state index in [1.807, 2.05) is 37.5 Å². The zero-order chi connectivity index (χ0) is 11.5. The van der Waals surface area contributed by atoms with E-state index in [4.69, 9.17) is 10.5 Å². The fraction of sp³-hybridized carbons (Fsp3) is 0.250. The number of nitrogens with zero attached hydrogens (tertiary/aromatic N) is 2. The van der Waals surface area contributed by atoms with Crippen molar-refractivity contribution in [2.45, 2.75) is 6.54 Å². The van der Waals surface area contributed by atoms with E-state index in [1.165, 1.54) is 0 Å². The van der Waals surface area contributed by atoms with Crippen LogP contribution in [0.15, 0.2) is 30.5 Å². The summed E-state index contributed by atoms with van der Waals surface area (Å²) in [5, 5.41) is 4.22. The van der Waals surface area contributed by atoms with Crippen LogP contribution in [0.2, 0.25) is 0 Å². The van der Waals surface area contributed by atoms with E-state index < -0.39 is 0 Å². The van der Waals surface area contributed by atoms with Crippen LogP contribution < -0.4 is 10.5 Å². The molecule has 0 bridgehead atoms. The third kappa shape index (κ3) is 1.79. The Hall–Kier alpha value is -1.81. The fourth-order valence-corrected chi connectivity index (χ4v) is 1.74. The Morgan fingerprint density at radius 2 is 2.25 bits per heavy atom. The van der Waals surface area contributed by atoms with Crippen molar-refractivity contribution in [2.24, 2.45) is 12.8 Å². The summed E-state index contributed by atoms with van der Waals surface area (Å²) < 4.78 is 7.00. The normalized spacial score (nSPS) is 10.4. The van der Waals surface area contributed by atoms with E-state index >= 15 is 0 Å². The molecule has 0 saturated carbocycles. The van der Waals surface area contributed by atoms with Gasteiger partial charge >= 0.3 is 0 Å². The molecule has 16 heavy (non-hydrogen) atoms. The summed E-state index contributed by atoms with van der Waals surface area (Å²) in [7, 11) is 3.55. The molecule has 4 nitrogen and oxygen atoms in total. The molecule has 2 aromatic rings. The van der Waals surface area contributed by atoms with E-state index in [9.17, 15) is 0 Å². The van der Waals surface area contributed by atoms with Gasteiger partial charge in [-0.2, -0.15) is 5.10 Å². The number of nitrogens with two attached hydrogens (primary N) is 1. The number of hydrogen-bond donors (Lipinski definition) is 1. The highest BCUT2D eigenvalue weighted by molar-refractivity contribution is 5.66. The van der Waals surface area contributed by atoms with Gasteiger partial charge in [-0.25, -0.2) is 0 Å². The predicted molar refractivity (Wildman–Crippen MR) is 63.1 cm³/mol. The number of ether oxygens (including phenoxy) is 1. The summed E-state index contributed by atoms with van der Waals surface area (Å²) in [5.41, 5.74) is 8.87. The van der Waals surface area contributed by atoms with E-state index in [0.29, 0.717) is 6.54 Å². The zero-order valence-electron chi connectivity index (χ0n) is 9.47. The minimum atomic E-state index is 0.475. The second kappa shape index (κ2) is 4.37. The van der Waals surface area contributed by atoms with Gasteiger partial charge in [0, 0.05) is 19.2 Å². The third-order valence-corrected chi connectivity index (χ3v) is 2.64. The quantitative estimate of drug-likeness (QED) is 0.848. The van der Waals surface area contributed by atoms with E-state index in [-0.39, 0.29) is 0 Å². The van der Waals surface area contributed by atoms with Crippen LogP contribution >= 0.6 is 0 Å². The first-order valence-corrected chi connectivity index (χ1v) is 5.11. The molecule has 0 unspecified atom stereocenters. The summed E-state index contributed by atoms with van der Waals surface area (Å²) >= 11 is 0. The van der Waals surface area contributed by atoms with Crippen molar-refractivity contribution < 1.29 is 4.74 Å². The highest BCUT2D eigenvalue weighted by Crippen LogP contribution is 2.26. The fourth-order valence-electron chi connectivity index (χ4n) is 1.74. The maximum absolute atomic E-state index is 5.71. The van der Waals surface area contributed by atoms with E-state index in [2.05, 4.69) is 5.10 Å². The highest BCUT2D eigenvalue weighted by atomic mass is 16.5. The van der Waals surface area contributed by atoms with Gasteiger partial charge in [-0.3, -0.25) is 4.68 Å². The van der Waals surface area contributed by atoms with Gasteiger partial charge in [0.2, 0.25) is 0 Å². The SMILES string of the molecule is COc1cccc(-c2cnn(C)c2CN)c1. The lowest BCUT2D eigenvalue weighted by molar-refractivity contribution is 0.415. The zero-order valence-corrected chi connectivity index (χ0v) is 9.47. The number of benzene rings is 1. The molecular formula is C12H15N3O. The Morgan fingerprint density at radius 1 is 1.44 bits per heavy atom. The Kier molecular flexibility index (Phi) is 2.92. The predicted octanol–water partition coefficient (Wildman–Crippen LogP) is 1.55. The lowest BCUT2D eigenvalue weighted by atomic mass is 10.1. The molecular weight excluding hydrogens is 202 g/mol. The van der Waals surface area contributed by atoms with Crippen LogP contribution in [0.4, 0.5) is 0 Å². The first kappa shape index (κ1) is 10.7. The molecule has 2 rings (SSSR count). The maximum atomic E-state index is 5.71. The molecule has 0 saturated heterocycles. The van der Waals surface area contributed by atoms with Gasteiger partial charge < -0.3 is 10.5 Å². The molecule has 0 fully saturated rings. The molecule has 1 aromatic carbocycles. The van der Waals surface area contributed by atoms with Crippen molar-refractivity contribution >= 4 is 0 Å². The third-order valence-electron chi connectivity index (χ3n) is 2.64. The number of aryl methyl sites for hydroxylation is 1. The molecule has 0 atom stereocenters. The second-order valence-corrected chi connectivity index (χ2v) is 3.56. The molecule has 0 amide bonds. The monoisotopic (exact) mass is 217 g/mol. The molecule has 4 heteroatoms. The lowest BCUT2D eigenvalue weighted by Gasteiger charge is -2.05. The van der Waals surface area contributed by atoms with Crippen molar-refractivity contribution in [1.29, 1.82) is 0 Å².